The van der Waals surface area contributed by atoms with Gasteiger partial charge in [0.05, 0.1) is 0 Å². The van der Waals surface area contributed by atoms with Crippen LogP contribution in [0.2, 0.25) is 0 Å². The van der Waals surface area contributed by atoms with Crippen LogP contribution in [0.1, 0.15) is 5.56 Å². The predicted molar refractivity (Wildman–Crippen MR) is 106 cm³/mol. The summed E-state index contributed by atoms with van der Waals surface area (Å²) in [5, 5.41) is 2.67. The predicted octanol–water partition coefficient (Wildman–Crippen LogP) is 4.07. The van der Waals surface area contributed by atoms with Gasteiger partial charge >= 0.3 is 154 Å². The molecule has 0 aliphatic heterocycles. The molecule has 0 fully saturated rings. The molecule has 0 N–H and O–H groups in total. The van der Waals surface area contributed by atoms with Gasteiger partial charge in [-0.2, -0.15) is 0 Å². The van der Waals surface area contributed by atoms with Gasteiger partial charge in [0.1, 0.15) is 0 Å². The molecule has 2 heteroatoms. The van der Waals surface area contributed by atoms with Crippen LogP contribution in [0, 0.1) is 0 Å². The summed E-state index contributed by atoms with van der Waals surface area (Å²) in [6, 6.07) is 33.9. The first-order valence-electron chi connectivity index (χ1n) is 8.31. The van der Waals surface area contributed by atoms with E-state index >= 15 is 0 Å². The van der Waals surface area contributed by atoms with Crippen molar-refractivity contribution in [2.24, 2.45) is 0 Å². The van der Waals surface area contributed by atoms with E-state index in [-0.39, 0.29) is 0 Å². The fraction of sp³-hybridized carbons (Fsp3) is 0.0435. The Labute approximate surface area is 154 Å². The first-order valence-corrected chi connectivity index (χ1v) is 10.0. The van der Waals surface area contributed by atoms with Gasteiger partial charge in [-0.15, -0.1) is 0 Å². The van der Waals surface area contributed by atoms with Crippen LogP contribution >= 0.6 is 0 Å². The second-order valence-electron chi connectivity index (χ2n) is 5.83. The van der Waals surface area contributed by atoms with Gasteiger partial charge in [0, 0.05) is 0 Å². The van der Waals surface area contributed by atoms with Crippen molar-refractivity contribution in [2.75, 3.05) is 0 Å². The molecule has 25 heavy (non-hydrogen) atoms. The third-order valence-electron chi connectivity index (χ3n) is 4.05. The molecule has 0 saturated heterocycles. The standard InChI is InChI=1S/C23H18OSe/c1-2-7-18(8-3-1)17-24-20-13-15-21(16-14-20)25-23-12-6-10-19-9-4-5-11-22(19)23/h1-16H,17H2. The number of fused-ring (bicyclic) bond motifs is 1. The van der Waals surface area contributed by atoms with Gasteiger partial charge in [-0.1, -0.05) is 0 Å². The van der Waals surface area contributed by atoms with Gasteiger partial charge < -0.3 is 0 Å². The topological polar surface area (TPSA) is 9.23 Å². The van der Waals surface area contributed by atoms with Crippen molar-refractivity contribution in [3.8, 4) is 5.75 Å². The summed E-state index contributed by atoms with van der Waals surface area (Å²) in [4.78, 5) is 0. The molecular weight excluding hydrogens is 371 g/mol. The van der Waals surface area contributed by atoms with Crippen LogP contribution in [0.4, 0.5) is 0 Å². The van der Waals surface area contributed by atoms with E-state index < -0.39 is 0 Å². The van der Waals surface area contributed by atoms with Crippen molar-refractivity contribution in [1.29, 1.82) is 0 Å². The summed E-state index contributed by atoms with van der Waals surface area (Å²) in [7, 11) is 0. The van der Waals surface area contributed by atoms with Crippen molar-refractivity contribution in [3.05, 3.63) is 103 Å². The van der Waals surface area contributed by atoms with E-state index in [1.165, 1.54) is 25.3 Å². The molecule has 0 atom stereocenters. The molecule has 4 aromatic rings. The van der Waals surface area contributed by atoms with Crippen LogP contribution in [0.3, 0.4) is 0 Å². The molecule has 4 rings (SSSR count). The van der Waals surface area contributed by atoms with Gasteiger partial charge in [-0.25, -0.2) is 0 Å². The molecule has 122 valence electrons. The Morgan fingerprint density at radius 3 is 2.20 bits per heavy atom. The van der Waals surface area contributed by atoms with Gasteiger partial charge in [0.2, 0.25) is 0 Å². The summed E-state index contributed by atoms with van der Waals surface area (Å²) >= 11 is 0.290. The summed E-state index contributed by atoms with van der Waals surface area (Å²) in [5.74, 6) is 0.918. The Morgan fingerprint density at radius 2 is 1.36 bits per heavy atom. The Morgan fingerprint density at radius 1 is 0.640 bits per heavy atom. The molecule has 0 saturated carbocycles. The van der Waals surface area contributed by atoms with Crippen molar-refractivity contribution >= 4 is 34.7 Å². The maximum absolute atomic E-state index is 5.87. The Hall–Kier alpha value is -2.54. The molecular formula is C23H18OSe. The van der Waals surface area contributed by atoms with Crippen LogP contribution in [-0.2, 0) is 6.61 Å². The van der Waals surface area contributed by atoms with Crippen molar-refractivity contribution in [1.82, 2.24) is 0 Å². The third-order valence-corrected chi connectivity index (χ3v) is 6.32. The molecule has 0 heterocycles. The zero-order chi connectivity index (χ0) is 16.9. The van der Waals surface area contributed by atoms with Crippen LogP contribution < -0.4 is 13.7 Å². The third kappa shape index (κ3) is 3.93. The van der Waals surface area contributed by atoms with Gasteiger partial charge in [0.25, 0.3) is 0 Å². The monoisotopic (exact) mass is 390 g/mol. The van der Waals surface area contributed by atoms with Gasteiger partial charge in [-0.05, 0) is 0 Å². The molecule has 0 amide bonds. The first kappa shape index (κ1) is 16.0. The number of hydrogen-bond acceptors (Lipinski definition) is 1. The fourth-order valence-corrected chi connectivity index (χ4v) is 4.79. The number of ether oxygens (including phenoxy) is 1. The van der Waals surface area contributed by atoms with E-state index in [0.717, 1.165) is 5.75 Å². The van der Waals surface area contributed by atoms with Crippen LogP contribution in [-0.4, -0.2) is 15.0 Å². The van der Waals surface area contributed by atoms with E-state index in [1.807, 2.05) is 18.2 Å². The average Bonchev–Trinajstić information content (AvgIpc) is 2.69. The molecule has 0 aliphatic carbocycles. The minimum absolute atomic E-state index is 0.290. The van der Waals surface area contributed by atoms with Gasteiger partial charge in [0.15, 0.2) is 0 Å². The van der Waals surface area contributed by atoms with E-state index in [1.54, 1.807) is 0 Å². The van der Waals surface area contributed by atoms with Crippen molar-refractivity contribution in [3.63, 3.8) is 0 Å². The molecule has 1 nitrogen and oxygen atoms in total. The molecule has 0 radical (unpaired) electrons. The zero-order valence-electron chi connectivity index (χ0n) is 13.8. The first-order chi connectivity index (χ1) is 12.4. The summed E-state index contributed by atoms with van der Waals surface area (Å²) < 4.78 is 8.65. The summed E-state index contributed by atoms with van der Waals surface area (Å²) in [6.07, 6.45) is 0. The summed E-state index contributed by atoms with van der Waals surface area (Å²) in [6.45, 7) is 0.606. The second-order valence-corrected chi connectivity index (χ2v) is 8.17. The average molecular weight is 389 g/mol. The molecule has 0 unspecified atom stereocenters. The molecule has 4 aromatic carbocycles. The van der Waals surface area contributed by atoms with E-state index in [0.29, 0.717) is 21.6 Å². The Balaban J connectivity index is 1.47. The van der Waals surface area contributed by atoms with Gasteiger partial charge in [-0.3, -0.25) is 0 Å². The number of rotatable bonds is 5. The Bertz CT molecular complexity index is 957. The normalized spacial score (nSPS) is 10.7. The molecule has 0 bridgehead atoms. The summed E-state index contributed by atoms with van der Waals surface area (Å²) in [5.41, 5.74) is 1.19. The SMILES string of the molecule is c1ccc(COc2ccc([Se]c3cccc4ccccc34)cc2)cc1. The van der Waals surface area contributed by atoms with Crippen molar-refractivity contribution in [2.45, 2.75) is 6.61 Å². The van der Waals surface area contributed by atoms with Crippen LogP contribution in [0.25, 0.3) is 10.8 Å². The molecule has 0 aliphatic rings. The fourth-order valence-electron chi connectivity index (χ4n) is 2.76. The van der Waals surface area contributed by atoms with Crippen LogP contribution in [0.5, 0.6) is 5.75 Å². The second kappa shape index (κ2) is 7.56. The molecule has 0 spiro atoms. The maximum atomic E-state index is 5.87. The minimum atomic E-state index is 0.290. The van der Waals surface area contributed by atoms with E-state index in [2.05, 4.69) is 78.9 Å². The molecule has 0 aromatic heterocycles. The number of hydrogen-bond donors (Lipinski definition) is 0. The van der Waals surface area contributed by atoms with E-state index in [4.69, 9.17) is 4.74 Å². The van der Waals surface area contributed by atoms with Crippen LogP contribution in [0.15, 0.2) is 97.1 Å². The van der Waals surface area contributed by atoms with Crippen molar-refractivity contribution < 1.29 is 4.74 Å². The quantitative estimate of drug-likeness (QED) is 0.468. The zero-order valence-corrected chi connectivity index (χ0v) is 15.5. The van der Waals surface area contributed by atoms with E-state index in [9.17, 15) is 0 Å². The number of benzene rings is 4. The Kier molecular flexibility index (Phi) is 4.83.